The number of alkyl halides is 3. The number of carboxylic acid groups (broad SMARTS) is 1. The maximum Gasteiger partial charge on any atom is 0.419 e. The number of allylic oxidation sites excluding steroid dienone is 2. The fourth-order valence-electron chi connectivity index (χ4n) is 1.27. The Labute approximate surface area is 93.3 Å². The molecular formula is C9H6F4O2S. The number of thiocarbonyl (C=S) groups is 1. The summed E-state index contributed by atoms with van der Waals surface area (Å²) >= 11 is 4.60. The van der Waals surface area contributed by atoms with Crippen molar-refractivity contribution in [2.24, 2.45) is 5.92 Å². The van der Waals surface area contributed by atoms with Crippen molar-refractivity contribution >= 4 is 23.1 Å². The zero-order valence-corrected chi connectivity index (χ0v) is 8.75. The summed E-state index contributed by atoms with van der Waals surface area (Å²) in [7, 11) is 0. The van der Waals surface area contributed by atoms with Crippen molar-refractivity contribution in [1.82, 2.24) is 0 Å². The van der Waals surface area contributed by atoms with Crippen LogP contribution in [0.3, 0.4) is 0 Å². The van der Waals surface area contributed by atoms with Crippen LogP contribution in [0.5, 0.6) is 0 Å². The normalized spacial score (nSPS) is 22.2. The van der Waals surface area contributed by atoms with Crippen LogP contribution in [0.2, 0.25) is 0 Å². The second-order valence-corrected chi connectivity index (χ2v) is 3.68. The molecular weight excluding hydrogens is 248 g/mol. The standard InChI is InChI=1S/C9H6F4O2S/c1-3-5(16)2-4(8(14)15)6(7(3)10)9(11,12)13/h2-3H,1H3,(H,14,15). The van der Waals surface area contributed by atoms with Gasteiger partial charge >= 0.3 is 12.1 Å². The molecule has 0 aromatic rings. The van der Waals surface area contributed by atoms with Gasteiger partial charge in [0.1, 0.15) is 11.4 Å². The van der Waals surface area contributed by atoms with Crippen LogP contribution in [0.1, 0.15) is 6.92 Å². The lowest BCUT2D eigenvalue weighted by molar-refractivity contribution is -0.134. The first-order chi connectivity index (χ1) is 7.16. The Kier molecular flexibility index (Phi) is 3.18. The molecule has 1 rings (SSSR count). The second-order valence-electron chi connectivity index (χ2n) is 3.21. The molecule has 1 aliphatic carbocycles. The van der Waals surface area contributed by atoms with Gasteiger partial charge in [0.05, 0.1) is 5.57 Å². The lowest BCUT2D eigenvalue weighted by Crippen LogP contribution is -2.27. The predicted octanol–water partition coefficient (Wildman–Crippen LogP) is 2.80. The molecule has 1 atom stereocenters. The van der Waals surface area contributed by atoms with Gasteiger partial charge in [-0.1, -0.05) is 19.1 Å². The van der Waals surface area contributed by atoms with Crippen LogP contribution >= 0.6 is 12.2 Å². The minimum atomic E-state index is -5.04. The summed E-state index contributed by atoms with van der Waals surface area (Å²) in [6.07, 6.45) is -4.37. The van der Waals surface area contributed by atoms with E-state index in [1.807, 2.05) is 0 Å². The number of hydrogen-bond acceptors (Lipinski definition) is 2. The number of carboxylic acids is 1. The molecule has 0 aromatic heterocycles. The smallest absolute Gasteiger partial charge is 0.419 e. The number of hydrogen-bond donors (Lipinski definition) is 1. The van der Waals surface area contributed by atoms with Crippen LogP contribution in [-0.2, 0) is 4.79 Å². The number of aliphatic carboxylic acids is 1. The lowest BCUT2D eigenvalue weighted by Gasteiger charge is -2.22. The van der Waals surface area contributed by atoms with E-state index < -0.39 is 35.0 Å². The van der Waals surface area contributed by atoms with E-state index in [0.717, 1.165) is 6.92 Å². The van der Waals surface area contributed by atoms with Crippen molar-refractivity contribution in [3.63, 3.8) is 0 Å². The molecule has 0 aliphatic heterocycles. The molecule has 0 fully saturated rings. The molecule has 0 saturated heterocycles. The molecule has 1 aliphatic rings. The number of carbonyl (C=O) groups is 1. The van der Waals surface area contributed by atoms with Gasteiger partial charge < -0.3 is 5.11 Å². The Hall–Kier alpha value is -1.24. The molecule has 0 radical (unpaired) electrons. The Morgan fingerprint density at radius 3 is 2.38 bits per heavy atom. The van der Waals surface area contributed by atoms with Gasteiger partial charge in [0.15, 0.2) is 0 Å². The zero-order valence-electron chi connectivity index (χ0n) is 7.93. The van der Waals surface area contributed by atoms with Crippen LogP contribution < -0.4 is 0 Å². The van der Waals surface area contributed by atoms with Crippen LogP contribution in [-0.4, -0.2) is 22.1 Å². The van der Waals surface area contributed by atoms with E-state index in [0.29, 0.717) is 6.08 Å². The maximum absolute atomic E-state index is 13.4. The van der Waals surface area contributed by atoms with Crippen molar-refractivity contribution in [3.05, 3.63) is 23.0 Å². The average molecular weight is 254 g/mol. The first kappa shape index (κ1) is 12.8. The second kappa shape index (κ2) is 3.97. The topological polar surface area (TPSA) is 37.3 Å². The van der Waals surface area contributed by atoms with Crippen LogP contribution in [0.25, 0.3) is 0 Å². The molecule has 0 aromatic carbocycles. The quantitative estimate of drug-likeness (QED) is 0.577. The van der Waals surface area contributed by atoms with Crippen LogP contribution in [0.4, 0.5) is 17.6 Å². The Bertz CT molecular complexity index is 420. The SMILES string of the molecule is CC1C(=S)C=C(C(=O)O)C(C(F)(F)F)=C1F. The minimum Gasteiger partial charge on any atom is -0.478 e. The van der Waals surface area contributed by atoms with Gasteiger partial charge in [-0.15, -0.1) is 0 Å². The summed E-state index contributed by atoms with van der Waals surface area (Å²) in [5, 5.41) is 8.57. The molecule has 0 heterocycles. The largest absolute Gasteiger partial charge is 0.478 e. The van der Waals surface area contributed by atoms with E-state index in [9.17, 15) is 22.4 Å². The summed E-state index contributed by atoms with van der Waals surface area (Å²) < 4.78 is 50.7. The van der Waals surface area contributed by atoms with E-state index in [1.54, 1.807) is 0 Å². The highest BCUT2D eigenvalue weighted by atomic mass is 32.1. The Morgan fingerprint density at radius 1 is 1.50 bits per heavy atom. The lowest BCUT2D eigenvalue weighted by atomic mass is 9.89. The molecule has 16 heavy (non-hydrogen) atoms. The van der Waals surface area contributed by atoms with E-state index in [4.69, 9.17) is 5.11 Å². The Balaban J connectivity index is 3.43. The molecule has 1 N–H and O–H groups in total. The molecule has 7 heteroatoms. The Morgan fingerprint density at radius 2 is 2.00 bits per heavy atom. The van der Waals surface area contributed by atoms with E-state index >= 15 is 0 Å². The van der Waals surface area contributed by atoms with Crippen LogP contribution in [0, 0.1) is 5.92 Å². The fourth-order valence-corrected chi connectivity index (χ4v) is 1.49. The summed E-state index contributed by atoms with van der Waals surface area (Å²) in [5.74, 6) is -4.62. The van der Waals surface area contributed by atoms with E-state index in [-0.39, 0.29) is 4.86 Å². The molecule has 0 bridgehead atoms. The van der Waals surface area contributed by atoms with E-state index in [2.05, 4.69) is 12.2 Å². The van der Waals surface area contributed by atoms with Crippen molar-refractivity contribution in [2.45, 2.75) is 13.1 Å². The predicted molar refractivity (Wildman–Crippen MR) is 51.7 cm³/mol. The van der Waals surface area contributed by atoms with Gasteiger partial charge in [-0.05, 0) is 6.08 Å². The minimum absolute atomic E-state index is 0.164. The molecule has 1 unspecified atom stereocenters. The molecule has 0 amide bonds. The van der Waals surface area contributed by atoms with Crippen molar-refractivity contribution < 1.29 is 27.5 Å². The van der Waals surface area contributed by atoms with Gasteiger partial charge in [0.2, 0.25) is 0 Å². The summed E-state index contributed by atoms with van der Waals surface area (Å²) in [4.78, 5) is 10.4. The van der Waals surface area contributed by atoms with Crippen LogP contribution in [0.15, 0.2) is 23.0 Å². The van der Waals surface area contributed by atoms with Gasteiger partial charge in [0.25, 0.3) is 0 Å². The van der Waals surface area contributed by atoms with Crippen molar-refractivity contribution in [1.29, 1.82) is 0 Å². The first-order valence-electron chi connectivity index (χ1n) is 4.12. The highest BCUT2D eigenvalue weighted by Crippen LogP contribution is 2.40. The molecule has 0 saturated carbocycles. The summed E-state index contributed by atoms with van der Waals surface area (Å²) in [5.41, 5.74) is -2.89. The third-order valence-corrected chi connectivity index (χ3v) is 2.59. The van der Waals surface area contributed by atoms with Crippen molar-refractivity contribution in [2.75, 3.05) is 0 Å². The van der Waals surface area contributed by atoms with Crippen molar-refractivity contribution in [3.8, 4) is 0 Å². The zero-order chi connectivity index (χ0) is 12.7. The highest BCUT2D eigenvalue weighted by Gasteiger charge is 2.45. The summed E-state index contributed by atoms with van der Waals surface area (Å²) in [6.45, 7) is 1.15. The van der Waals surface area contributed by atoms with Gasteiger partial charge in [-0.3, -0.25) is 0 Å². The third kappa shape index (κ3) is 2.13. The highest BCUT2D eigenvalue weighted by molar-refractivity contribution is 7.80. The van der Waals surface area contributed by atoms with Gasteiger partial charge in [0, 0.05) is 10.8 Å². The molecule has 0 spiro atoms. The maximum atomic E-state index is 13.4. The first-order valence-corrected chi connectivity index (χ1v) is 4.53. The van der Waals surface area contributed by atoms with Gasteiger partial charge in [-0.2, -0.15) is 13.2 Å². The summed E-state index contributed by atoms with van der Waals surface area (Å²) in [6, 6.07) is 0. The molecule has 88 valence electrons. The monoisotopic (exact) mass is 254 g/mol. The van der Waals surface area contributed by atoms with Gasteiger partial charge in [-0.25, -0.2) is 9.18 Å². The van der Waals surface area contributed by atoms with E-state index in [1.165, 1.54) is 0 Å². The fraction of sp³-hybridized carbons (Fsp3) is 0.333. The average Bonchev–Trinajstić information content (AvgIpc) is 2.10. The third-order valence-electron chi connectivity index (χ3n) is 2.12. The number of halogens is 4. The number of rotatable bonds is 1. The molecule has 2 nitrogen and oxygen atoms in total.